The third-order valence-electron chi connectivity index (χ3n) is 4.18. The van der Waals surface area contributed by atoms with Crippen LogP contribution >= 0.6 is 0 Å². The van der Waals surface area contributed by atoms with Gasteiger partial charge in [-0.05, 0) is 12.5 Å². The van der Waals surface area contributed by atoms with Crippen molar-refractivity contribution in [2.45, 2.75) is 53.0 Å². The standard InChI is InChI=1S/C16H28N4O2/c1-15(2,3)11-10-20(9-8-19(11)7)13(21)12-17-18-14(22-12)16(4,5)6/h11H,8-10H2,1-7H3. The van der Waals surface area contributed by atoms with Crippen LogP contribution < -0.4 is 0 Å². The molecule has 0 N–H and O–H groups in total. The van der Waals surface area contributed by atoms with E-state index < -0.39 is 0 Å². The second kappa shape index (κ2) is 5.65. The Morgan fingerprint density at radius 1 is 1.14 bits per heavy atom. The molecule has 22 heavy (non-hydrogen) atoms. The smallest absolute Gasteiger partial charge is 0.311 e. The molecule has 1 atom stereocenters. The van der Waals surface area contributed by atoms with Crippen LogP contribution in [0, 0.1) is 5.41 Å². The summed E-state index contributed by atoms with van der Waals surface area (Å²) in [6.07, 6.45) is 0. The van der Waals surface area contributed by atoms with Crippen LogP contribution in [-0.4, -0.2) is 58.6 Å². The molecule has 6 nitrogen and oxygen atoms in total. The molecule has 1 aromatic rings. The minimum atomic E-state index is -0.248. The van der Waals surface area contributed by atoms with Crippen LogP contribution in [0.25, 0.3) is 0 Å². The number of amides is 1. The number of nitrogens with zero attached hydrogens (tertiary/aromatic N) is 4. The van der Waals surface area contributed by atoms with Crippen molar-refractivity contribution in [1.29, 1.82) is 0 Å². The van der Waals surface area contributed by atoms with E-state index in [1.54, 1.807) is 0 Å². The monoisotopic (exact) mass is 308 g/mol. The van der Waals surface area contributed by atoms with Crippen LogP contribution in [-0.2, 0) is 5.41 Å². The zero-order valence-electron chi connectivity index (χ0n) is 14.8. The Bertz CT molecular complexity index is 539. The predicted molar refractivity (Wildman–Crippen MR) is 84.8 cm³/mol. The quantitative estimate of drug-likeness (QED) is 0.795. The van der Waals surface area contributed by atoms with Crippen molar-refractivity contribution in [3.05, 3.63) is 11.8 Å². The van der Waals surface area contributed by atoms with Crippen molar-refractivity contribution in [2.24, 2.45) is 5.41 Å². The van der Waals surface area contributed by atoms with Crippen LogP contribution in [0.4, 0.5) is 0 Å². The number of carbonyl (C=O) groups is 1. The van der Waals surface area contributed by atoms with Gasteiger partial charge in [0.25, 0.3) is 0 Å². The molecule has 0 saturated carbocycles. The zero-order valence-corrected chi connectivity index (χ0v) is 14.8. The van der Waals surface area contributed by atoms with Gasteiger partial charge in [0, 0.05) is 31.1 Å². The molecule has 1 unspecified atom stereocenters. The van der Waals surface area contributed by atoms with Crippen LogP contribution in [0.3, 0.4) is 0 Å². The molecule has 1 fully saturated rings. The van der Waals surface area contributed by atoms with Crippen molar-refractivity contribution in [1.82, 2.24) is 20.0 Å². The third-order valence-corrected chi connectivity index (χ3v) is 4.18. The van der Waals surface area contributed by atoms with Crippen LogP contribution in [0.15, 0.2) is 4.42 Å². The molecule has 2 rings (SSSR count). The fourth-order valence-electron chi connectivity index (χ4n) is 2.74. The van der Waals surface area contributed by atoms with Crippen molar-refractivity contribution in [3.63, 3.8) is 0 Å². The van der Waals surface area contributed by atoms with Gasteiger partial charge in [0.1, 0.15) is 0 Å². The van der Waals surface area contributed by atoms with Gasteiger partial charge in [0.05, 0.1) is 0 Å². The van der Waals surface area contributed by atoms with Crippen molar-refractivity contribution in [3.8, 4) is 0 Å². The van der Waals surface area contributed by atoms with Gasteiger partial charge in [-0.15, -0.1) is 10.2 Å². The molecule has 1 aliphatic heterocycles. The average Bonchev–Trinajstić information content (AvgIpc) is 2.86. The predicted octanol–water partition coefficient (Wildman–Crippen LogP) is 2.17. The zero-order chi connectivity index (χ0) is 16.7. The lowest BCUT2D eigenvalue weighted by atomic mass is 9.84. The van der Waals surface area contributed by atoms with E-state index in [0.717, 1.165) is 6.54 Å². The maximum Gasteiger partial charge on any atom is 0.311 e. The summed E-state index contributed by atoms with van der Waals surface area (Å²) in [4.78, 5) is 16.8. The minimum Gasteiger partial charge on any atom is -0.416 e. The summed E-state index contributed by atoms with van der Waals surface area (Å²) in [5.41, 5.74) is -0.138. The third kappa shape index (κ3) is 3.48. The van der Waals surface area contributed by atoms with Gasteiger partial charge < -0.3 is 9.32 Å². The molecular weight excluding hydrogens is 280 g/mol. The second-order valence-electron chi connectivity index (χ2n) is 8.28. The Balaban J connectivity index is 2.14. The normalized spacial score (nSPS) is 21.2. The molecule has 0 aliphatic carbocycles. The Labute approximate surface area is 132 Å². The Hall–Kier alpha value is -1.43. The molecule has 1 saturated heterocycles. The highest BCUT2D eigenvalue weighted by Gasteiger charge is 2.36. The van der Waals surface area contributed by atoms with Gasteiger partial charge in [0.15, 0.2) is 0 Å². The number of likely N-dealkylation sites (N-methyl/N-ethyl adjacent to an activating group) is 1. The Morgan fingerprint density at radius 2 is 1.77 bits per heavy atom. The average molecular weight is 308 g/mol. The first-order valence-corrected chi connectivity index (χ1v) is 7.83. The number of hydrogen-bond donors (Lipinski definition) is 0. The minimum absolute atomic E-state index is 0.0992. The van der Waals surface area contributed by atoms with Gasteiger partial charge >= 0.3 is 11.8 Å². The van der Waals surface area contributed by atoms with E-state index in [0.29, 0.717) is 25.0 Å². The molecule has 6 heteroatoms. The van der Waals surface area contributed by atoms with Gasteiger partial charge in [-0.3, -0.25) is 9.69 Å². The van der Waals surface area contributed by atoms with Crippen molar-refractivity contribution >= 4 is 5.91 Å². The Morgan fingerprint density at radius 3 is 2.27 bits per heavy atom. The number of carbonyl (C=O) groups excluding carboxylic acids is 1. The highest BCUT2D eigenvalue weighted by molar-refractivity contribution is 5.89. The first-order valence-electron chi connectivity index (χ1n) is 7.83. The molecule has 0 radical (unpaired) electrons. The molecule has 124 valence electrons. The lowest BCUT2D eigenvalue weighted by molar-refractivity contribution is 0.0256. The van der Waals surface area contributed by atoms with Crippen molar-refractivity contribution < 1.29 is 9.21 Å². The van der Waals surface area contributed by atoms with E-state index >= 15 is 0 Å². The number of aromatic nitrogens is 2. The van der Waals surface area contributed by atoms with Gasteiger partial charge in [-0.1, -0.05) is 41.5 Å². The summed E-state index contributed by atoms with van der Waals surface area (Å²) in [6, 6.07) is 0.315. The van der Waals surface area contributed by atoms with E-state index in [1.807, 2.05) is 25.7 Å². The summed E-state index contributed by atoms with van der Waals surface area (Å²) < 4.78 is 5.58. The lowest BCUT2D eigenvalue weighted by Crippen LogP contribution is -2.57. The molecule has 1 amide bonds. The van der Waals surface area contributed by atoms with Crippen molar-refractivity contribution in [2.75, 3.05) is 26.7 Å². The van der Waals surface area contributed by atoms with Gasteiger partial charge in [-0.25, -0.2) is 0 Å². The van der Waals surface area contributed by atoms with E-state index in [-0.39, 0.29) is 22.6 Å². The fourth-order valence-corrected chi connectivity index (χ4v) is 2.74. The van der Waals surface area contributed by atoms with Crippen LogP contribution in [0.2, 0.25) is 0 Å². The first kappa shape index (κ1) is 16.9. The van der Waals surface area contributed by atoms with Crippen LogP contribution in [0.1, 0.15) is 58.1 Å². The summed E-state index contributed by atoms with van der Waals surface area (Å²) in [5, 5.41) is 7.95. The first-order chi connectivity index (χ1) is 10.00. The highest BCUT2D eigenvalue weighted by Crippen LogP contribution is 2.27. The Kier molecular flexibility index (Phi) is 4.35. The second-order valence-corrected chi connectivity index (χ2v) is 8.28. The summed E-state index contributed by atoms with van der Waals surface area (Å²) in [5.74, 6) is 0.435. The lowest BCUT2D eigenvalue weighted by Gasteiger charge is -2.45. The summed E-state index contributed by atoms with van der Waals surface area (Å²) >= 11 is 0. The van der Waals surface area contributed by atoms with Gasteiger partial charge in [-0.2, -0.15) is 0 Å². The number of rotatable bonds is 1. The SMILES string of the molecule is CN1CCN(C(=O)c2nnc(C(C)(C)C)o2)CC1C(C)(C)C. The summed E-state index contributed by atoms with van der Waals surface area (Å²) in [7, 11) is 2.11. The molecule has 1 aromatic heterocycles. The van der Waals surface area contributed by atoms with Crippen LogP contribution in [0.5, 0.6) is 0 Å². The molecule has 0 bridgehead atoms. The molecule has 0 aromatic carbocycles. The number of piperazine rings is 1. The molecule has 1 aliphatic rings. The van der Waals surface area contributed by atoms with E-state index in [1.165, 1.54) is 0 Å². The molecule has 2 heterocycles. The number of hydrogen-bond acceptors (Lipinski definition) is 5. The maximum atomic E-state index is 12.6. The highest BCUT2D eigenvalue weighted by atomic mass is 16.4. The van der Waals surface area contributed by atoms with E-state index in [9.17, 15) is 4.79 Å². The molecule has 0 spiro atoms. The fraction of sp³-hybridized carbons (Fsp3) is 0.812. The van der Waals surface area contributed by atoms with E-state index in [4.69, 9.17) is 4.42 Å². The summed E-state index contributed by atoms with van der Waals surface area (Å²) in [6.45, 7) is 14.8. The topological polar surface area (TPSA) is 62.5 Å². The largest absolute Gasteiger partial charge is 0.416 e. The maximum absolute atomic E-state index is 12.6. The molecular formula is C16H28N4O2. The van der Waals surface area contributed by atoms with E-state index in [2.05, 4.69) is 42.9 Å². The van der Waals surface area contributed by atoms with Gasteiger partial charge in [0.2, 0.25) is 5.89 Å².